The van der Waals surface area contributed by atoms with Gasteiger partial charge in [0.15, 0.2) is 11.5 Å². The Balaban J connectivity index is 1.84. The van der Waals surface area contributed by atoms with Crippen LogP contribution in [0.2, 0.25) is 0 Å². The molecule has 1 aromatic heterocycles. The number of anilines is 1. The molecule has 0 fully saturated rings. The number of nitrogens with zero attached hydrogens (tertiary/aromatic N) is 1. The Morgan fingerprint density at radius 3 is 2.74 bits per heavy atom. The maximum atomic E-state index is 5.62. The van der Waals surface area contributed by atoms with Crippen LogP contribution in [0, 0.1) is 6.92 Å². The molecule has 5 nitrogen and oxygen atoms in total. The first-order valence-electron chi connectivity index (χ1n) is 6.29. The zero-order chi connectivity index (χ0) is 13.2. The molecule has 19 heavy (non-hydrogen) atoms. The highest BCUT2D eigenvalue weighted by molar-refractivity contribution is 5.44. The second-order valence-corrected chi connectivity index (χ2v) is 4.43. The van der Waals surface area contributed by atoms with Gasteiger partial charge in [0.05, 0.1) is 5.69 Å². The maximum Gasteiger partial charge on any atom is 0.294 e. The smallest absolute Gasteiger partial charge is 0.294 e. The molecule has 2 heterocycles. The van der Waals surface area contributed by atoms with Gasteiger partial charge in [-0.15, -0.1) is 0 Å². The van der Waals surface area contributed by atoms with Crippen LogP contribution in [0.3, 0.4) is 0 Å². The van der Waals surface area contributed by atoms with Crippen molar-refractivity contribution in [3.05, 3.63) is 35.2 Å². The fourth-order valence-corrected chi connectivity index (χ4v) is 2.08. The van der Waals surface area contributed by atoms with E-state index in [1.807, 2.05) is 25.1 Å². The molecular formula is C14H16N2O3. The van der Waals surface area contributed by atoms with Gasteiger partial charge in [-0.05, 0) is 24.6 Å². The molecule has 0 atom stereocenters. The molecular weight excluding hydrogens is 244 g/mol. The van der Waals surface area contributed by atoms with E-state index >= 15 is 0 Å². The summed E-state index contributed by atoms with van der Waals surface area (Å²) in [7, 11) is 1.79. The first kappa shape index (κ1) is 11.9. The zero-order valence-electron chi connectivity index (χ0n) is 11.0. The summed E-state index contributed by atoms with van der Waals surface area (Å²) < 4.78 is 16.7. The number of aryl methyl sites for hydroxylation is 1. The van der Waals surface area contributed by atoms with E-state index < -0.39 is 0 Å². The van der Waals surface area contributed by atoms with Crippen LogP contribution in [0.25, 0.3) is 0 Å². The second kappa shape index (κ2) is 4.84. The fourth-order valence-electron chi connectivity index (χ4n) is 2.08. The molecule has 1 aromatic carbocycles. The van der Waals surface area contributed by atoms with Crippen LogP contribution in [0.5, 0.6) is 11.5 Å². The topological polar surface area (TPSA) is 56.5 Å². The van der Waals surface area contributed by atoms with Crippen LogP contribution in [-0.4, -0.2) is 25.2 Å². The summed E-state index contributed by atoms with van der Waals surface area (Å²) in [6.07, 6.45) is 0.692. The quantitative estimate of drug-likeness (QED) is 0.918. The molecule has 0 unspecified atom stereocenters. The lowest BCUT2D eigenvalue weighted by molar-refractivity contribution is 0.171. The minimum absolute atomic E-state index is 0.546. The van der Waals surface area contributed by atoms with Gasteiger partial charge in [0.1, 0.15) is 19.0 Å². The average molecular weight is 260 g/mol. The highest BCUT2D eigenvalue weighted by Crippen LogP contribution is 2.31. The van der Waals surface area contributed by atoms with Crippen molar-refractivity contribution in [3.63, 3.8) is 0 Å². The number of hydrogen-bond acceptors (Lipinski definition) is 5. The molecule has 2 aromatic rings. The number of rotatable bonds is 3. The fraction of sp³-hybridized carbons (Fsp3) is 0.357. The second-order valence-electron chi connectivity index (χ2n) is 4.43. The number of nitrogens with one attached hydrogen (secondary N) is 1. The standard InChI is InChI=1S/C14H16N2O3/c1-9-12(19-14(15-2)16-9)7-10-3-4-11-13(8-10)18-6-5-17-11/h3-4,8H,5-7H2,1-2H3,(H,15,16). The predicted octanol–water partition coefficient (Wildman–Crippen LogP) is 2.39. The monoisotopic (exact) mass is 260 g/mol. The van der Waals surface area contributed by atoms with Crippen LogP contribution >= 0.6 is 0 Å². The van der Waals surface area contributed by atoms with E-state index in [0.29, 0.717) is 25.6 Å². The van der Waals surface area contributed by atoms with Gasteiger partial charge in [-0.2, -0.15) is 4.98 Å². The minimum Gasteiger partial charge on any atom is -0.486 e. The van der Waals surface area contributed by atoms with Crippen molar-refractivity contribution >= 4 is 6.01 Å². The van der Waals surface area contributed by atoms with Crippen molar-refractivity contribution < 1.29 is 13.9 Å². The van der Waals surface area contributed by atoms with Crippen molar-refractivity contribution in [1.82, 2.24) is 4.98 Å². The molecule has 0 saturated carbocycles. The van der Waals surface area contributed by atoms with Crippen molar-refractivity contribution in [2.45, 2.75) is 13.3 Å². The normalized spacial score (nSPS) is 13.4. The molecule has 0 aliphatic carbocycles. The first-order valence-corrected chi connectivity index (χ1v) is 6.29. The van der Waals surface area contributed by atoms with Gasteiger partial charge in [-0.25, -0.2) is 0 Å². The van der Waals surface area contributed by atoms with E-state index in [9.17, 15) is 0 Å². The van der Waals surface area contributed by atoms with Crippen molar-refractivity contribution in [2.75, 3.05) is 25.6 Å². The number of fused-ring (bicyclic) bond motifs is 1. The van der Waals surface area contributed by atoms with Gasteiger partial charge in [-0.3, -0.25) is 0 Å². The minimum atomic E-state index is 0.546. The van der Waals surface area contributed by atoms with Crippen molar-refractivity contribution in [2.24, 2.45) is 0 Å². The predicted molar refractivity (Wildman–Crippen MR) is 71.0 cm³/mol. The summed E-state index contributed by atoms with van der Waals surface area (Å²) in [6, 6.07) is 6.50. The molecule has 0 radical (unpaired) electrons. The van der Waals surface area contributed by atoms with E-state index in [1.54, 1.807) is 7.05 Å². The average Bonchev–Trinajstić information content (AvgIpc) is 2.79. The molecule has 5 heteroatoms. The Morgan fingerprint density at radius 1 is 1.21 bits per heavy atom. The molecule has 0 saturated heterocycles. The highest BCUT2D eigenvalue weighted by atomic mass is 16.6. The molecule has 1 N–H and O–H groups in total. The van der Waals surface area contributed by atoms with Crippen LogP contribution in [-0.2, 0) is 6.42 Å². The van der Waals surface area contributed by atoms with Gasteiger partial charge >= 0.3 is 0 Å². The Kier molecular flexibility index (Phi) is 3.03. The molecule has 3 rings (SSSR count). The van der Waals surface area contributed by atoms with E-state index in [2.05, 4.69) is 10.3 Å². The molecule has 1 aliphatic rings. The summed E-state index contributed by atoms with van der Waals surface area (Å²) in [5.74, 6) is 2.47. The number of hydrogen-bond donors (Lipinski definition) is 1. The van der Waals surface area contributed by atoms with Crippen molar-refractivity contribution in [3.8, 4) is 11.5 Å². The van der Waals surface area contributed by atoms with E-state index in [0.717, 1.165) is 28.5 Å². The SMILES string of the molecule is CNc1nc(C)c(Cc2ccc3c(c2)OCCO3)o1. The van der Waals surface area contributed by atoms with Gasteiger partial charge in [0.25, 0.3) is 6.01 Å². The maximum absolute atomic E-state index is 5.62. The van der Waals surface area contributed by atoms with E-state index in [1.165, 1.54) is 0 Å². The van der Waals surface area contributed by atoms with Crippen LogP contribution in [0.15, 0.2) is 22.6 Å². The third kappa shape index (κ3) is 2.36. The van der Waals surface area contributed by atoms with Gasteiger partial charge < -0.3 is 19.2 Å². The number of benzene rings is 1. The summed E-state index contributed by atoms with van der Waals surface area (Å²) in [5, 5.41) is 2.90. The van der Waals surface area contributed by atoms with E-state index in [4.69, 9.17) is 13.9 Å². The lowest BCUT2D eigenvalue weighted by atomic mass is 10.1. The summed E-state index contributed by atoms with van der Waals surface area (Å²) in [4.78, 5) is 4.28. The number of ether oxygens (including phenoxy) is 2. The van der Waals surface area contributed by atoms with Gasteiger partial charge in [-0.1, -0.05) is 6.07 Å². The molecule has 100 valence electrons. The Labute approximate surface area is 111 Å². The number of oxazole rings is 1. The molecule has 0 spiro atoms. The van der Waals surface area contributed by atoms with Crippen LogP contribution < -0.4 is 14.8 Å². The summed E-state index contributed by atoms with van der Waals surface area (Å²) >= 11 is 0. The summed E-state index contributed by atoms with van der Waals surface area (Å²) in [5.41, 5.74) is 2.02. The Bertz CT molecular complexity index is 592. The third-order valence-corrected chi connectivity index (χ3v) is 3.08. The van der Waals surface area contributed by atoms with Gasteiger partial charge in [0.2, 0.25) is 0 Å². The van der Waals surface area contributed by atoms with Crippen molar-refractivity contribution in [1.29, 1.82) is 0 Å². The van der Waals surface area contributed by atoms with Crippen LogP contribution in [0.4, 0.5) is 6.01 Å². The Hall–Kier alpha value is -2.17. The largest absolute Gasteiger partial charge is 0.486 e. The lowest BCUT2D eigenvalue weighted by Gasteiger charge is -2.18. The first-order chi connectivity index (χ1) is 9.26. The van der Waals surface area contributed by atoms with Gasteiger partial charge in [0, 0.05) is 13.5 Å². The molecule has 0 bridgehead atoms. The highest BCUT2D eigenvalue weighted by Gasteiger charge is 2.14. The lowest BCUT2D eigenvalue weighted by Crippen LogP contribution is -2.15. The third-order valence-electron chi connectivity index (χ3n) is 3.08. The number of aromatic nitrogens is 1. The molecule has 1 aliphatic heterocycles. The van der Waals surface area contributed by atoms with Crippen LogP contribution in [0.1, 0.15) is 17.0 Å². The van der Waals surface area contributed by atoms with E-state index in [-0.39, 0.29) is 0 Å². The Morgan fingerprint density at radius 2 is 2.00 bits per heavy atom. The zero-order valence-corrected chi connectivity index (χ0v) is 11.0. The molecule has 0 amide bonds. The summed E-state index contributed by atoms with van der Waals surface area (Å²) in [6.45, 7) is 3.15.